The van der Waals surface area contributed by atoms with E-state index in [1.54, 1.807) is 0 Å². The lowest BCUT2D eigenvalue weighted by atomic mass is 9.99. The molecule has 0 amide bonds. The van der Waals surface area contributed by atoms with Crippen LogP contribution in [0.3, 0.4) is 0 Å². The Bertz CT molecular complexity index is 3790. The van der Waals surface area contributed by atoms with Gasteiger partial charge in [-0.1, -0.05) is 297 Å². The van der Waals surface area contributed by atoms with Crippen molar-refractivity contribution in [2.24, 2.45) is 9.98 Å². The highest BCUT2D eigenvalue weighted by atomic mass is 15.0. The Hall–Kier alpha value is -9.58. The van der Waals surface area contributed by atoms with E-state index in [0.29, 0.717) is 6.04 Å². The number of aliphatic imine (C=N–C) groups is 2. The molecule has 11 rings (SSSR count). The minimum Gasteiger partial charge on any atom is -0.355 e. The third-order valence-corrected chi connectivity index (χ3v) is 16.8. The first-order valence-corrected chi connectivity index (χ1v) is 32.3. The van der Waals surface area contributed by atoms with Crippen molar-refractivity contribution >= 4 is 67.4 Å². The van der Waals surface area contributed by atoms with E-state index in [0.717, 1.165) is 67.8 Å². The second-order valence-corrected chi connectivity index (χ2v) is 23.3. The smallest absolute Gasteiger partial charge is 0.0730 e. The summed E-state index contributed by atoms with van der Waals surface area (Å²) in [7, 11) is 0. The minimum atomic E-state index is 0.375. The maximum absolute atomic E-state index is 5.37. The van der Waals surface area contributed by atoms with Gasteiger partial charge < -0.3 is 15.2 Å². The monoisotopic (exact) mass is 1150 g/mol. The van der Waals surface area contributed by atoms with Gasteiger partial charge in [0.15, 0.2) is 0 Å². The molecule has 5 heteroatoms. The molecule has 5 nitrogen and oxygen atoms in total. The van der Waals surface area contributed by atoms with Crippen LogP contribution < -0.4 is 10.6 Å². The summed E-state index contributed by atoms with van der Waals surface area (Å²) in [5.74, 6) is 0. The Morgan fingerprint density at radius 2 is 0.659 bits per heavy atom. The summed E-state index contributed by atoms with van der Waals surface area (Å²) < 4.78 is 2.77. The summed E-state index contributed by atoms with van der Waals surface area (Å²) in [6.07, 6.45) is 22.2. The summed E-state index contributed by atoms with van der Waals surface area (Å²) in [5.41, 5.74) is 19.2. The number of nitrogens with zero attached hydrogens (tertiary/aromatic N) is 3. The van der Waals surface area contributed by atoms with Crippen molar-refractivity contribution in [1.82, 2.24) is 4.57 Å². The molecule has 1 heterocycles. The largest absolute Gasteiger partial charge is 0.355 e. The third kappa shape index (κ3) is 16.1. The lowest BCUT2D eigenvalue weighted by Crippen LogP contribution is -2.09. The van der Waals surface area contributed by atoms with Crippen LogP contribution in [0, 0.1) is 0 Å². The molecule has 1 aromatic heterocycles. The molecule has 0 spiro atoms. The van der Waals surface area contributed by atoms with E-state index in [2.05, 4.69) is 296 Å². The van der Waals surface area contributed by atoms with E-state index in [1.807, 2.05) is 12.1 Å². The summed E-state index contributed by atoms with van der Waals surface area (Å²) >= 11 is 0. The van der Waals surface area contributed by atoms with Crippen molar-refractivity contribution in [3.05, 3.63) is 301 Å². The lowest BCUT2D eigenvalue weighted by Gasteiger charge is -2.22. The van der Waals surface area contributed by atoms with Crippen LogP contribution in [-0.2, 0) is 0 Å². The molecule has 440 valence electrons. The average molecular weight is 1150 g/mol. The number of allylic oxidation sites excluding steroid dienone is 2. The lowest BCUT2D eigenvalue weighted by molar-refractivity contribution is 0.410. The Morgan fingerprint density at radius 3 is 1.02 bits per heavy atom. The Kier molecular flexibility index (Phi) is 21.3. The number of benzene rings is 10. The predicted octanol–water partition coefficient (Wildman–Crippen LogP) is 23.7. The van der Waals surface area contributed by atoms with Crippen LogP contribution in [0.15, 0.2) is 289 Å². The van der Waals surface area contributed by atoms with Gasteiger partial charge in [0.1, 0.15) is 0 Å². The molecule has 0 atom stereocenters. The number of hydrogen-bond acceptors (Lipinski definition) is 4. The van der Waals surface area contributed by atoms with Gasteiger partial charge in [0.05, 0.1) is 22.8 Å². The van der Waals surface area contributed by atoms with Crippen molar-refractivity contribution in [3.8, 4) is 22.3 Å². The van der Waals surface area contributed by atoms with Crippen molar-refractivity contribution < 1.29 is 0 Å². The van der Waals surface area contributed by atoms with E-state index in [9.17, 15) is 0 Å². The van der Waals surface area contributed by atoms with E-state index in [4.69, 9.17) is 9.98 Å². The normalized spacial score (nSPS) is 12.3. The van der Waals surface area contributed by atoms with Crippen molar-refractivity contribution in [2.45, 2.75) is 110 Å². The number of unbranched alkanes of at least 4 members (excludes halogenated alkanes) is 10. The molecular weight excluding hydrogens is 1070 g/mol. The number of hydrogen-bond donors (Lipinski definition) is 2. The molecule has 11 aromatic rings. The average Bonchev–Trinajstić information content (AvgIpc) is 2.03. The molecule has 88 heavy (non-hydrogen) atoms. The van der Waals surface area contributed by atoms with Crippen LogP contribution in [0.2, 0.25) is 0 Å². The Balaban J connectivity index is 0.961. The third-order valence-electron chi connectivity index (χ3n) is 16.8. The number of anilines is 2. The minimum absolute atomic E-state index is 0.375. The highest BCUT2D eigenvalue weighted by molar-refractivity contribution is 6.15. The fraction of sp³-hybridized carbons (Fsp3) is 0.205. The zero-order valence-electron chi connectivity index (χ0n) is 51.4. The van der Waals surface area contributed by atoms with Gasteiger partial charge in [-0.05, 0) is 119 Å². The zero-order valence-corrected chi connectivity index (χ0v) is 51.4. The molecule has 2 N–H and O–H groups in total. The maximum atomic E-state index is 5.37. The topological polar surface area (TPSA) is 53.7 Å². The second-order valence-electron chi connectivity index (χ2n) is 23.3. The molecule has 0 aliphatic rings. The maximum Gasteiger partial charge on any atom is 0.0730 e. The molecule has 0 aliphatic carbocycles. The Morgan fingerprint density at radius 1 is 0.341 bits per heavy atom. The quantitative estimate of drug-likeness (QED) is 0.0363. The first kappa shape index (κ1) is 60.1. The van der Waals surface area contributed by atoms with Crippen LogP contribution in [-0.4, -0.2) is 16.0 Å². The zero-order chi connectivity index (χ0) is 60.0. The number of para-hydroxylation sites is 2. The van der Waals surface area contributed by atoms with E-state index in [-0.39, 0.29) is 0 Å². The van der Waals surface area contributed by atoms with Gasteiger partial charge in [-0.3, -0.25) is 0 Å². The first-order valence-electron chi connectivity index (χ1n) is 32.3. The van der Waals surface area contributed by atoms with Crippen LogP contribution in [0.1, 0.15) is 132 Å². The number of nitrogens with one attached hydrogen (secondary N) is 2. The van der Waals surface area contributed by atoms with E-state index < -0.39 is 0 Å². The number of fused-ring (bicyclic) bond motifs is 3. The standard InChI is InChI=1S/C83H83N5/c1-3-5-7-9-11-31-45-75(46-32-12-10-8-6-4-2)88-82-59-69(63-47-53-73(54-48-63)86-80(67-37-23-15-24-38-67)61-78(65-33-19-13-20-34-65)84-71-41-27-17-28-42-71)51-57-76(82)77-58-52-70(60-83(77)88)64-49-55-74(56-50-64)87-81(68-39-25-16-26-40-68)62-79(66-35-21-14-22-36-66)85-72-43-29-18-30-44-72/h13-30,33-44,47-62,75,84-85H,3-12,31-32,45-46H2,1-2H3/b78-61-,79-62-,86-80?,87-81?. The molecular formula is C83H83N5. The summed E-state index contributed by atoms with van der Waals surface area (Å²) in [4.78, 5) is 10.7. The molecule has 0 unspecified atom stereocenters. The summed E-state index contributed by atoms with van der Waals surface area (Å²) in [5, 5.41) is 10.0. The van der Waals surface area contributed by atoms with Gasteiger partial charge in [0.2, 0.25) is 0 Å². The fourth-order valence-corrected chi connectivity index (χ4v) is 12.1. The highest BCUT2D eigenvalue weighted by Gasteiger charge is 2.21. The van der Waals surface area contributed by atoms with Crippen LogP contribution in [0.5, 0.6) is 0 Å². The van der Waals surface area contributed by atoms with Gasteiger partial charge in [-0.15, -0.1) is 0 Å². The molecule has 10 aromatic carbocycles. The van der Waals surface area contributed by atoms with Crippen LogP contribution in [0.4, 0.5) is 22.7 Å². The summed E-state index contributed by atoms with van der Waals surface area (Å²) in [6.45, 7) is 4.63. The molecule has 0 bridgehead atoms. The van der Waals surface area contributed by atoms with Crippen molar-refractivity contribution in [3.63, 3.8) is 0 Å². The van der Waals surface area contributed by atoms with Crippen molar-refractivity contribution in [1.29, 1.82) is 0 Å². The SMILES string of the molecule is CCCCCCCCC(CCCCCCCC)n1c2cc(-c3ccc(N=C(/C=C(\Nc4ccccc4)c4ccccc4)c4ccccc4)cc3)ccc2c2ccc(-c3ccc(N=C(/C=C(\Nc4ccccc4)c4ccccc4)c4ccccc4)cc3)cc21. The second kappa shape index (κ2) is 31.2. The predicted molar refractivity (Wildman–Crippen MR) is 380 cm³/mol. The molecule has 0 radical (unpaired) electrons. The van der Waals surface area contributed by atoms with Crippen LogP contribution >= 0.6 is 0 Å². The van der Waals surface area contributed by atoms with Crippen LogP contribution in [0.25, 0.3) is 55.5 Å². The van der Waals surface area contributed by atoms with Gasteiger partial charge in [0, 0.05) is 61.7 Å². The number of rotatable bonds is 29. The molecule has 0 aliphatic heterocycles. The van der Waals surface area contributed by atoms with Gasteiger partial charge in [-0.25, -0.2) is 9.98 Å². The van der Waals surface area contributed by atoms with E-state index in [1.165, 1.54) is 134 Å². The summed E-state index contributed by atoms with van der Waals surface area (Å²) in [6, 6.07) is 95.2. The highest BCUT2D eigenvalue weighted by Crippen LogP contribution is 2.40. The molecule has 0 saturated heterocycles. The Labute approximate surface area is 523 Å². The van der Waals surface area contributed by atoms with Gasteiger partial charge >= 0.3 is 0 Å². The van der Waals surface area contributed by atoms with Gasteiger partial charge in [0.25, 0.3) is 0 Å². The molecule has 0 saturated carbocycles. The number of aromatic nitrogens is 1. The first-order chi connectivity index (χ1) is 43.6. The molecule has 0 fully saturated rings. The van der Waals surface area contributed by atoms with E-state index >= 15 is 0 Å². The fourth-order valence-electron chi connectivity index (χ4n) is 12.1. The van der Waals surface area contributed by atoms with Crippen molar-refractivity contribution in [2.75, 3.05) is 10.6 Å². The van der Waals surface area contributed by atoms with Gasteiger partial charge in [-0.2, -0.15) is 0 Å².